The van der Waals surface area contributed by atoms with E-state index in [2.05, 4.69) is 4.72 Å². The fraction of sp³-hybridized carbons (Fsp3) is 0.455. The minimum Gasteiger partial charge on any atom is -0.399 e. The second-order valence-electron chi connectivity index (χ2n) is 4.31. The Hall–Kier alpha value is -0.980. The fourth-order valence-corrected chi connectivity index (χ4v) is 3.47. The van der Waals surface area contributed by atoms with Crippen LogP contribution in [0.15, 0.2) is 18.2 Å². The van der Waals surface area contributed by atoms with E-state index >= 15 is 0 Å². The molecule has 0 atom stereocenters. The first-order valence-corrected chi connectivity index (χ1v) is 7.64. The van der Waals surface area contributed by atoms with E-state index in [4.69, 9.17) is 17.3 Å². The van der Waals surface area contributed by atoms with Crippen LogP contribution >= 0.6 is 11.6 Å². The number of halogens is 1. The van der Waals surface area contributed by atoms with Crippen LogP contribution in [0, 0.1) is 0 Å². The molecule has 1 heterocycles. The quantitative estimate of drug-likeness (QED) is 0.837. The number of nitrogens with two attached hydrogens (primary N) is 1. The minimum absolute atomic E-state index is 0.322. The second kappa shape index (κ2) is 5.34. The van der Waals surface area contributed by atoms with Crippen molar-refractivity contribution in [3.8, 4) is 0 Å². The third-order valence-electron chi connectivity index (χ3n) is 2.88. The molecule has 1 saturated heterocycles. The predicted octanol–water partition coefficient (Wildman–Crippen LogP) is 2.06. The number of benzene rings is 1. The van der Waals surface area contributed by atoms with Gasteiger partial charge in [0.1, 0.15) is 0 Å². The molecular weight excluding hydrogens is 274 g/mol. The van der Waals surface area contributed by atoms with Crippen molar-refractivity contribution in [3.63, 3.8) is 0 Å². The number of hydrogen-bond donors (Lipinski definition) is 2. The van der Waals surface area contributed by atoms with Crippen LogP contribution in [0.25, 0.3) is 0 Å². The Bertz CT molecular complexity index is 527. The highest BCUT2D eigenvalue weighted by Gasteiger charge is 2.24. The van der Waals surface area contributed by atoms with Gasteiger partial charge >= 0.3 is 10.2 Å². The number of piperidine rings is 1. The Labute approximate surface area is 112 Å². The van der Waals surface area contributed by atoms with Gasteiger partial charge in [0.2, 0.25) is 0 Å². The van der Waals surface area contributed by atoms with Crippen LogP contribution in [0.5, 0.6) is 0 Å². The van der Waals surface area contributed by atoms with Crippen molar-refractivity contribution in [2.24, 2.45) is 0 Å². The maximum Gasteiger partial charge on any atom is 0.301 e. The molecule has 0 unspecified atom stereocenters. The lowest BCUT2D eigenvalue weighted by Crippen LogP contribution is -2.39. The monoisotopic (exact) mass is 289 g/mol. The molecule has 1 aromatic rings. The summed E-state index contributed by atoms with van der Waals surface area (Å²) in [6.45, 7) is 1.10. The highest BCUT2D eigenvalue weighted by molar-refractivity contribution is 7.90. The van der Waals surface area contributed by atoms with E-state index in [1.54, 1.807) is 12.1 Å². The van der Waals surface area contributed by atoms with Crippen LogP contribution in [0.3, 0.4) is 0 Å². The van der Waals surface area contributed by atoms with Crippen molar-refractivity contribution in [2.45, 2.75) is 19.3 Å². The van der Waals surface area contributed by atoms with Gasteiger partial charge in [-0.15, -0.1) is 0 Å². The summed E-state index contributed by atoms with van der Waals surface area (Å²) in [5.74, 6) is 0. The van der Waals surface area contributed by atoms with Gasteiger partial charge in [-0.25, -0.2) is 0 Å². The number of hydrogen-bond acceptors (Lipinski definition) is 3. The van der Waals surface area contributed by atoms with E-state index in [-0.39, 0.29) is 0 Å². The average Bonchev–Trinajstić information content (AvgIpc) is 2.35. The van der Waals surface area contributed by atoms with Gasteiger partial charge in [-0.2, -0.15) is 12.7 Å². The summed E-state index contributed by atoms with van der Waals surface area (Å²) in [6, 6.07) is 4.72. The Morgan fingerprint density at radius 2 is 1.89 bits per heavy atom. The summed E-state index contributed by atoms with van der Waals surface area (Å²) in [6.07, 6.45) is 2.86. The molecule has 0 amide bonds. The molecule has 7 heteroatoms. The van der Waals surface area contributed by atoms with Crippen LogP contribution < -0.4 is 10.5 Å². The maximum absolute atomic E-state index is 12.1. The third-order valence-corrected chi connectivity index (χ3v) is 4.74. The van der Waals surface area contributed by atoms with Crippen LogP contribution in [0.4, 0.5) is 11.4 Å². The lowest BCUT2D eigenvalue weighted by atomic mass is 10.2. The number of nitrogens with zero attached hydrogens (tertiary/aromatic N) is 1. The van der Waals surface area contributed by atoms with E-state index in [9.17, 15) is 8.42 Å². The highest BCUT2D eigenvalue weighted by atomic mass is 35.5. The van der Waals surface area contributed by atoms with Crippen molar-refractivity contribution < 1.29 is 8.42 Å². The number of nitrogen functional groups attached to an aromatic ring is 1. The van der Waals surface area contributed by atoms with Gasteiger partial charge in [0, 0.05) is 18.8 Å². The maximum atomic E-state index is 12.1. The van der Waals surface area contributed by atoms with E-state index in [0.717, 1.165) is 19.3 Å². The smallest absolute Gasteiger partial charge is 0.301 e. The van der Waals surface area contributed by atoms with Crippen LogP contribution in [0.2, 0.25) is 5.02 Å². The van der Waals surface area contributed by atoms with Crippen LogP contribution in [-0.4, -0.2) is 25.8 Å². The highest BCUT2D eigenvalue weighted by Crippen LogP contribution is 2.26. The largest absolute Gasteiger partial charge is 0.399 e. The first-order valence-electron chi connectivity index (χ1n) is 5.82. The molecule has 0 aliphatic carbocycles. The Kier molecular flexibility index (Phi) is 3.99. The summed E-state index contributed by atoms with van der Waals surface area (Å²) in [4.78, 5) is 0. The lowest BCUT2D eigenvalue weighted by Gasteiger charge is -2.26. The molecule has 3 N–H and O–H groups in total. The number of rotatable bonds is 3. The van der Waals surface area contributed by atoms with Crippen molar-refractivity contribution in [3.05, 3.63) is 23.2 Å². The molecule has 1 fully saturated rings. The molecule has 0 saturated carbocycles. The third kappa shape index (κ3) is 3.07. The van der Waals surface area contributed by atoms with Gasteiger partial charge in [-0.3, -0.25) is 4.72 Å². The summed E-state index contributed by atoms with van der Waals surface area (Å²) >= 11 is 5.94. The first kappa shape index (κ1) is 13.5. The molecule has 18 heavy (non-hydrogen) atoms. The molecule has 5 nitrogen and oxygen atoms in total. The fourth-order valence-electron chi connectivity index (χ4n) is 1.93. The van der Waals surface area contributed by atoms with Crippen LogP contribution in [0.1, 0.15) is 19.3 Å². The SMILES string of the molecule is Nc1ccc(Cl)c(NS(=O)(=O)N2CCCCC2)c1. The summed E-state index contributed by atoms with van der Waals surface area (Å²) < 4.78 is 28.2. The van der Waals surface area contributed by atoms with E-state index in [1.165, 1.54) is 10.4 Å². The van der Waals surface area contributed by atoms with Crippen molar-refractivity contribution in [1.82, 2.24) is 4.31 Å². The Morgan fingerprint density at radius 3 is 2.56 bits per heavy atom. The number of nitrogens with one attached hydrogen (secondary N) is 1. The molecule has 1 aromatic carbocycles. The van der Waals surface area contributed by atoms with Gasteiger partial charge in [-0.1, -0.05) is 18.0 Å². The predicted molar refractivity (Wildman–Crippen MR) is 73.8 cm³/mol. The van der Waals surface area contributed by atoms with Gasteiger partial charge in [0.05, 0.1) is 10.7 Å². The zero-order valence-electron chi connectivity index (χ0n) is 9.89. The van der Waals surface area contributed by atoms with E-state index in [0.29, 0.717) is 29.5 Å². The van der Waals surface area contributed by atoms with Crippen molar-refractivity contribution >= 4 is 33.2 Å². The molecule has 100 valence electrons. The molecular formula is C11H16ClN3O2S. The zero-order chi connectivity index (χ0) is 13.2. The standard InChI is InChI=1S/C11H16ClN3O2S/c12-10-5-4-9(13)8-11(10)14-18(16,17)15-6-2-1-3-7-15/h4-5,8,14H,1-3,6-7,13H2. The normalized spacial score (nSPS) is 17.6. The topological polar surface area (TPSA) is 75.4 Å². The van der Waals surface area contributed by atoms with Gasteiger partial charge in [0.25, 0.3) is 0 Å². The average molecular weight is 290 g/mol. The molecule has 1 aliphatic heterocycles. The van der Waals surface area contributed by atoms with Gasteiger partial charge in [0.15, 0.2) is 0 Å². The van der Waals surface area contributed by atoms with E-state index < -0.39 is 10.2 Å². The molecule has 2 rings (SSSR count). The zero-order valence-corrected chi connectivity index (χ0v) is 11.5. The molecule has 0 bridgehead atoms. The summed E-state index contributed by atoms with van der Waals surface area (Å²) in [7, 11) is -3.53. The first-order chi connectivity index (χ1) is 8.49. The summed E-state index contributed by atoms with van der Waals surface area (Å²) in [5, 5.41) is 0.338. The molecule has 1 aliphatic rings. The summed E-state index contributed by atoms with van der Waals surface area (Å²) in [5.41, 5.74) is 6.41. The Balaban J connectivity index is 2.18. The molecule has 0 aromatic heterocycles. The van der Waals surface area contributed by atoms with Crippen molar-refractivity contribution in [1.29, 1.82) is 0 Å². The van der Waals surface area contributed by atoms with Crippen molar-refractivity contribution in [2.75, 3.05) is 23.5 Å². The molecule has 0 radical (unpaired) electrons. The molecule has 0 spiro atoms. The van der Waals surface area contributed by atoms with Gasteiger partial charge in [-0.05, 0) is 31.0 Å². The lowest BCUT2D eigenvalue weighted by molar-refractivity contribution is 0.349. The van der Waals surface area contributed by atoms with E-state index in [1.807, 2.05) is 0 Å². The van der Waals surface area contributed by atoms with Gasteiger partial charge < -0.3 is 5.73 Å². The number of anilines is 2. The van der Waals surface area contributed by atoms with Crippen LogP contribution in [-0.2, 0) is 10.2 Å². The second-order valence-corrected chi connectivity index (χ2v) is 6.38. The Morgan fingerprint density at radius 1 is 1.22 bits per heavy atom. The minimum atomic E-state index is -3.53.